The van der Waals surface area contributed by atoms with E-state index in [0.29, 0.717) is 96.0 Å². The fraction of sp³-hybridized carbons (Fsp3) is 0.118. The number of aromatic carboxylic acids is 5. The van der Waals surface area contributed by atoms with Crippen molar-refractivity contribution in [1.82, 2.24) is 24.9 Å². The number of aryl methyl sites for hydroxylation is 2. The number of aromatic nitrogens is 5. The lowest BCUT2D eigenvalue weighted by atomic mass is 10.0. The van der Waals surface area contributed by atoms with Crippen LogP contribution in [0.4, 0.5) is 97.0 Å². The highest BCUT2D eigenvalue weighted by Gasteiger charge is 2.29. The molecule has 0 amide bonds. The summed E-state index contributed by atoms with van der Waals surface area (Å²) < 4.78 is 152. The third-order valence-electron chi connectivity index (χ3n) is 20.9. The number of nitrogens with one attached hydrogen (secondary N) is 5. The van der Waals surface area contributed by atoms with Crippen LogP contribution in [-0.4, -0.2) is 108 Å². The molecular formula is C102H80ClF9N10O14. The molecule has 0 atom stereocenters. The third-order valence-corrected chi connectivity index (χ3v) is 21.2. The van der Waals surface area contributed by atoms with E-state index in [2.05, 4.69) is 51.5 Å². The minimum Gasteiger partial charge on any atom is -0.497 e. The Kier molecular flexibility index (Phi) is 31.2. The van der Waals surface area contributed by atoms with Gasteiger partial charge in [0.1, 0.15) is 155 Å². The first-order chi connectivity index (χ1) is 65.3. The Morgan fingerprint density at radius 2 is 0.699 bits per heavy atom. The van der Waals surface area contributed by atoms with Crippen molar-refractivity contribution in [1.29, 1.82) is 0 Å². The monoisotopic (exact) mass is 1870 g/mol. The van der Waals surface area contributed by atoms with Gasteiger partial charge >= 0.3 is 29.8 Å². The second-order valence-electron chi connectivity index (χ2n) is 30.4. The predicted molar refractivity (Wildman–Crippen MR) is 496 cm³/mol. The average molecular weight is 1880 g/mol. The Morgan fingerprint density at radius 3 is 1.10 bits per heavy atom. The van der Waals surface area contributed by atoms with Gasteiger partial charge in [-0.2, -0.15) is 0 Å². The zero-order valence-electron chi connectivity index (χ0n) is 72.4. The van der Waals surface area contributed by atoms with Crippen LogP contribution in [0.25, 0.3) is 55.6 Å². The molecule has 0 bridgehead atoms. The SMILES string of the molecule is CCc1cnc(Nc2c(F)cc(-c3cccc(OC)c3)cc2F)c(C(=O)O)c1.COc1cccc(-c2cc(F)c(Nc3ncc(C)cc3C(=O)O)c(F)c2)c1.COc1cccc(-c2ccc(Nc3ncc(C4CC4)cc3C(=O)O)c(F)c2)c1.O=C(O)c1cccnc1Nc1c(F)cc(-c2cccc(OC3CC3)c2)cc1F.O=C(O)c1cccnc1Nc1c(F)cc(-c2ccccc2Cl)cc1F. The van der Waals surface area contributed by atoms with Gasteiger partial charge in [-0.15, -0.1) is 0 Å². The van der Waals surface area contributed by atoms with E-state index in [9.17, 15) is 83.9 Å². The minimum atomic E-state index is -1.26. The standard InChI is InChI=1S/C22H19FN2O3.C21H16F2N2O3.C21H18F2N2O3.C20H16F2N2O3.C18H11ClF2N2O2/c1-28-17-4-2-3-14(9-17)15-7-8-20(19(23)11-15)25-21-18(22(26)27)10-16(12-24-21)13-5-6-13;22-17-10-13(12-3-1-4-15(9-12)28-14-6-7-14)11-18(23)19(17)25-20-16(21(26)27)5-2-8-24-20;1-3-12-7-16(21(26)27)20(24-11-12)25-19-17(22)9-14(10-18(19)23)13-5-4-6-15(8-13)28-2;1-11-6-15(20(25)26)19(23-10-11)24-18-16(21)8-13(9-17(18)22)12-4-3-5-14(7-12)27-2;19-13-6-2-1-4-11(13)10-8-14(20)16(15(21)9-10)23-17-12(18(24)25)5-3-7-22-17/h2-4,7-13H,5-6H2,1H3,(H,24,25)(H,26,27);1-5,8-11,14H,6-7H2,(H,24,25)(H,26,27);4-11H,3H2,1-2H3,(H,24,25)(H,26,27);3-10H,1-2H3,(H,23,24)(H,25,26);1-9H,(H,22,23)(H,24,25). The molecule has 5 heterocycles. The maximum atomic E-state index is 14.7. The number of rotatable bonds is 27. The van der Waals surface area contributed by atoms with Crippen molar-refractivity contribution < 1.29 is 108 Å². The van der Waals surface area contributed by atoms with Crippen molar-refractivity contribution in [3.05, 3.63) is 363 Å². The third kappa shape index (κ3) is 24.5. The number of carbonyl (C=O) groups is 5. The quantitative estimate of drug-likeness (QED) is 0.0214. The highest BCUT2D eigenvalue weighted by Crippen LogP contribution is 2.43. The number of anilines is 10. The Hall–Kier alpha value is -16.8. The molecule has 2 aliphatic rings. The van der Waals surface area contributed by atoms with E-state index in [-0.39, 0.29) is 74.3 Å². The largest absolute Gasteiger partial charge is 0.497 e. The van der Waals surface area contributed by atoms with Crippen LogP contribution in [-0.2, 0) is 6.42 Å². The second-order valence-corrected chi connectivity index (χ2v) is 30.8. The predicted octanol–water partition coefficient (Wildman–Crippen LogP) is 25.2. The summed E-state index contributed by atoms with van der Waals surface area (Å²) in [5.74, 6) is -11.1. The van der Waals surface area contributed by atoms with Gasteiger partial charge in [0.05, 0.1) is 33.1 Å². The molecule has 2 saturated carbocycles. The molecule has 136 heavy (non-hydrogen) atoms. The number of carboxylic acid groups (broad SMARTS) is 5. The molecule has 5 aromatic heterocycles. The van der Waals surface area contributed by atoms with Crippen molar-refractivity contribution >= 4 is 99.0 Å². The van der Waals surface area contributed by atoms with Crippen LogP contribution < -0.4 is 45.5 Å². The Bertz CT molecular complexity index is 6950. The topological polar surface area (TPSA) is 348 Å². The molecular weight excluding hydrogens is 1800 g/mol. The highest BCUT2D eigenvalue weighted by molar-refractivity contribution is 6.33. The lowest BCUT2D eigenvalue weighted by Gasteiger charge is -2.13. The molecule has 10 N–H and O–H groups in total. The number of carboxylic acids is 5. The van der Waals surface area contributed by atoms with Crippen LogP contribution in [0.1, 0.15) is 107 Å². The number of nitrogens with zero attached hydrogens (tertiary/aromatic N) is 5. The van der Waals surface area contributed by atoms with Crippen molar-refractivity contribution in [3.63, 3.8) is 0 Å². The summed E-state index contributed by atoms with van der Waals surface area (Å²) in [7, 11) is 4.58. The lowest BCUT2D eigenvalue weighted by molar-refractivity contribution is 0.0686. The van der Waals surface area contributed by atoms with E-state index in [1.807, 2.05) is 31.2 Å². The summed E-state index contributed by atoms with van der Waals surface area (Å²) in [6, 6.07) is 58.5. The van der Waals surface area contributed by atoms with Gasteiger partial charge in [-0.1, -0.05) is 91.3 Å². The van der Waals surface area contributed by atoms with Gasteiger partial charge in [0, 0.05) is 41.6 Å². The van der Waals surface area contributed by atoms with Crippen LogP contribution in [0.3, 0.4) is 0 Å². The fourth-order valence-electron chi connectivity index (χ4n) is 13.6. The lowest BCUT2D eigenvalue weighted by Crippen LogP contribution is -2.08. The van der Waals surface area contributed by atoms with Crippen LogP contribution in [0.2, 0.25) is 5.02 Å². The number of hydrogen-bond acceptors (Lipinski definition) is 19. The number of hydrogen-bond donors (Lipinski definition) is 10. The molecule has 34 heteroatoms. The molecule has 15 aromatic rings. The van der Waals surface area contributed by atoms with E-state index in [0.717, 1.165) is 61.1 Å². The molecule has 0 unspecified atom stereocenters. The van der Waals surface area contributed by atoms with Gasteiger partial charge in [0.2, 0.25) is 0 Å². The normalized spacial score (nSPS) is 11.6. The zero-order valence-corrected chi connectivity index (χ0v) is 73.2. The average Bonchev–Trinajstić information content (AvgIpc) is 1.10. The Labute approximate surface area is 775 Å². The number of pyridine rings is 5. The van der Waals surface area contributed by atoms with E-state index in [1.54, 1.807) is 135 Å². The zero-order chi connectivity index (χ0) is 97.1. The molecule has 24 nitrogen and oxygen atoms in total. The van der Waals surface area contributed by atoms with Crippen molar-refractivity contribution in [2.24, 2.45) is 0 Å². The smallest absolute Gasteiger partial charge is 0.339 e. The molecule has 0 radical (unpaired) electrons. The van der Waals surface area contributed by atoms with Crippen LogP contribution in [0.5, 0.6) is 23.0 Å². The van der Waals surface area contributed by atoms with Gasteiger partial charge in [-0.05, 0) is 269 Å². The Balaban J connectivity index is 0.000000144. The minimum absolute atomic E-state index is 0.0423. The number of methoxy groups -OCH3 is 3. The summed E-state index contributed by atoms with van der Waals surface area (Å²) in [5.41, 5.74) is 4.89. The van der Waals surface area contributed by atoms with Crippen LogP contribution >= 0.6 is 11.6 Å². The van der Waals surface area contributed by atoms with Gasteiger partial charge < -0.3 is 71.1 Å². The summed E-state index contributed by atoms with van der Waals surface area (Å²) in [6.07, 6.45) is 12.1. The summed E-state index contributed by atoms with van der Waals surface area (Å²) in [5, 5.41) is 59.4. The van der Waals surface area contributed by atoms with Crippen molar-refractivity contribution in [2.45, 2.75) is 58.0 Å². The molecule has 692 valence electrons. The molecule has 17 rings (SSSR count). The first kappa shape index (κ1) is 96.7. The van der Waals surface area contributed by atoms with E-state index in [1.165, 1.54) is 106 Å². The van der Waals surface area contributed by atoms with Crippen molar-refractivity contribution in [3.8, 4) is 78.6 Å². The summed E-state index contributed by atoms with van der Waals surface area (Å²) in [6.45, 7) is 3.53. The fourth-order valence-corrected chi connectivity index (χ4v) is 13.8. The van der Waals surface area contributed by atoms with Crippen LogP contribution in [0, 0.1) is 59.3 Å². The van der Waals surface area contributed by atoms with E-state index in [4.69, 9.17) is 35.7 Å². The molecule has 0 saturated heterocycles. The van der Waals surface area contributed by atoms with E-state index >= 15 is 0 Å². The van der Waals surface area contributed by atoms with Gasteiger partial charge in [-0.3, -0.25) is 0 Å². The maximum absolute atomic E-state index is 14.7. The molecule has 10 aromatic carbocycles. The summed E-state index contributed by atoms with van der Waals surface area (Å²) in [4.78, 5) is 76.7. The van der Waals surface area contributed by atoms with Crippen LogP contribution in [0.15, 0.2) is 262 Å². The molecule has 0 spiro atoms. The molecule has 2 aliphatic carbocycles. The Morgan fingerprint density at radius 1 is 0.346 bits per heavy atom. The first-order valence-electron chi connectivity index (χ1n) is 41.4. The van der Waals surface area contributed by atoms with Gasteiger partial charge in [0.25, 0.3) is 0 Å². The van der Waals surface area contributed by atoms with E-state index < -0.39 is 105 Å². The van der Waals surface area contributed by atoms with Crippen molar-refractivity contribution in [2.75, 3.05) is 47.9 Å². The first-order valence-corrected chi connectivity index (χ1v) is 41.8. The highest BCUT2D eigenvalue weighted by atomic mass is 35.5. The summed E-state index contributed by atoms with van der Waals surface area (Å²) >= 11 is 6.05. The molecule has 2 fully saturated rings. The van der Waals surface area contributed by atoms with Gasteiger partial charge in [0.15, 0.2) is 0 Å². The second kappa shape index (κ2) is 43.9. The molecule has 0 aliphatic heterocycles. The number of ether oxygens (including phenoxy) is 4. The maximum Gasteiger partial charge on any atom is 0.339 e. The number of benzene rings is 10. The van der Waals surface area contributed by atoms with Gasteiger partial charge in [-0.25, -0.2) is 88.4 Å². The number of halogens is 10.